The van der Waals surface area contributed by atoms with Crippen LogP contribution >= 0.6 is 11.3 Å². The highest BCUT2D eigenvalue weighted by Gasteiger charge is 2.28. The molecule has 0 bridgehead atoms. The zero-order valence-corrected chi connectivity index (χ0v) is 14.5. The van der Waals surface area contributed by atoms with Gasteiger partial charge in [0.15, 0.2) is 0 Å². The second-order valence-corrected chi connectivity index (χ2v) is 7.35. The Morgan fingerprint density at radius 2 is 2.12 bits per heavy atom. The fourth-order valence-corrected chi connectivity index (χ4v) is 3.65. The minimum absolute atomic E-state index is 0.0939. The van der Waals surface area contributed by atoms with Crippen LogP contribution in [0.25, 0.3) is 10.7 Å². The molecule has 0 saturated heterocycles. The lowest BCUT2D eigenvalue weighted by Gasteiger charge is -2.26. The predicted octanol–water partition coefficient (Wildman–Crippen LogP) is 2.93. The lowest BCUT2D eigenvalue weighted by atomic mass is 9.94. The molecule has 130 valence electrons. The molecule has 1 saturated carbocycles. The fourth-order valence-electron chi connectivity index (χ4n) is 3.00. The first kappa shape index (κ1) is 17.1. The fraction of sp³-hybridized carbons (Fsp3) is 0.588. The predicted molar refractivity (Wildman–Crippen MR) is 91.6 cm³/mol. The molecule has 6 nitrogen and oxygen atoms in total. The summed E-state index contributed by atoms with van der Waals surface area (Å²) in [7, 11) is 0. The van der Waals surface area contributed by atoms with Gasteiger partial charge in [0, 0.05) is 19.4 Å². The van der Waals surface area contributed by atoms with Crippen molar-refractivity contribution in [1.29, 1.82) is 0 Å². The average molecular weight is 349 g/mol. The normalized spacial score (nSPS) is 17.4. The van der Waals surface area contributed by atoms with Crippen LogP contribution in [0.3, 0.4) is 0 Å². The maximum atomic E-state index is 12.0. The molecule has 1 aliphatic carbocycles. The third-order valence-corrected chi connectivity index (χ3v) is 5.29. The standard InChI is InChI=1S/C17H23N3O3S/c21-14(18-12-17(22)9-3-1-2-4-10-17)7-8-15-19-16(20-23-15)13-6-5-11-24-13/h5-6,11,22H,1-4,7-10,12H2,(H,18,21). The molecule has 7 heteroatoms. The van der Waals surface area contributed by atoms with Crippen LogP contribution in [0.2, 0.25) is 0 Å². The van der Waals surface area contributed by atoms with Crippen molar-refractivity contribution < 1.29 is 14.4 Å². The maximum Gasteiger partial charge on any atom is 0.227 e. The number of nitrogens with one attached hydrogen (secondary N) is 1. The third-order valence-electron chi connectivity index (χ3n) is 4.42. The Morgan fingerprint density at radius 3 is 2.83 bits per heavy atom. The van der Waals surface area contributed by atoms with Crippen LogP contribution < -0.4 is 5.32 Å². The Balaban J connectivity index is 1.44. The van der Waals surface area contributed by atoms with Gasteiger partial charge in [-0.1, -0.05) is 36.9 Å². The second kappa shape index (κ2) is 7.90. The maximum absolute atomic E-state index is 12.0. The van der Waals surface area contributed by atoms with E-state index in [0.717, 1.165) is 30.6 Å². The van der Waals surface area contributed by atoms with Crippen LogP contribution in [-0.2, 0) is 11.2 Å². The Labute approximate surface area is 145 Å². The zero-order chi connectivity index (χ0) is 16.8. The largest absolute Gasteiger partial charge is 0.388 e. The van der Waals surface area contributed by atoms with Gasteiger partial charge in [0.1, 0.15) is 0 Å². The first-order valence-electron chi connectivity index (χ1n) is 8.50. The van der Waals surface area contributed by atoms with Gasteiger partial charge in [0.25, 0.3) is 0 Å². The van der Waals surface area contributed by atoms with Gasteiger partial charge in [-0.2, -0.15) is 4.98 Å². The van der Waals surface area contributed by atoms with Gasteiger partial charge in [-0.3, -0.25) is 4.79 Å². The number of thiophene rings is 1. The lowest BCUT2D eigenvalue weighted by Crippen LogP contribution is -2.42. The second-order valence-electron chi connectivity index (χ2n) is 6.40. The summed E-state index contributed by atoms with van der Waals surface area (Å²) in [6.07, 6.45) is 6.60. The van der Waals surface area contributed by atoms with Gasteiger partial charge in [-0.25, -0.2) is 0 Å². The van der Waals surface area contributed by atoms with Gasteiger partial charge in [0.05, 0.1) is 10.5 Å². The molecule has 0 unspecified atom stereocenters. The Kier molecular flexibility index (Phi) is 5.63. The summed E-state index contributed by atoms with van der Waals surface area (Å²) in [4.78, 5) is 17.3. The van der Waals surface area contributed by atoms with Crippen LogP contribution in [0.1, 0.15) is 50.8 Å². The van der Waals surface area contributed by atoms with Crippen LogP contribution in [0.15, 0.2) is 22.0 Å². The average Bonchev–Trinajstić information content (AvgIpc) is 3.21. The molecule has 0 radical (unpaired) electrons. The molecule has 0 aliphatic heterocycles. The quantitative estimate of drug-likeness (QED) is 0.783. The van der Waals surface area contributed by atoms with E-state index in [1.807, 2.05) is 17.5 Å². The van der Waals surface area contributed by atoms with E-state index in [1.54, 1.807) is 11.3 Å². The molecular formula is C17H23N3O3S. The lowest BCUT2D eigenvalue weighted by molar-refractivity contribution is -0.122. The summed E-state index contributed by atoms with van der Waals surface area (Å²) in [5.74, 6) is 0.929. The van der Waals surface area contributed by atoms with Crippen LogP contribution in [0.4, 0.5) is 0 Å². The number of amides is 1. The van der Waals surface area contributed by atoms with E-state index in [-0.39, 0.29) is 12.3 Å². The van der Waals surface area contributed by atoms with Crippen molar-refractivity contribution in [2.24, 2.45) is 0 Å². The van der Waals surface area contributed by atoms with Crippen molar-refractivity contribution in [3.8, 4) is 10.7 Å². The molecule has 3 rings (SSSR count). The molecular weight excluding hydrogens is 326 g/mol. The summed E-state index contributed by atoms with van der Waals surface area (Å²) < 4.78 is 5.19. The third kappa shape index (κ3) is 4.64. The first-order chi connectivity index (χ1) is 11.6. The van der Waals surface area contributed by atoms with E-state index in [1.165, 1.54) is 12.8 Å². The molecule has 1 amide bonds. The molecule has 1 aliphatic rings. The number of aliphatic hydroxyl groups is 1. The highest BCUT2D eigenvalue weighted by molar-refractivity contribution is 7.13. The minimum Gasteiger partial charge on any atom is -0.388 e. The van der Waals surface area contributed by atoms with E-state index < -0.39 is 5.60 Å². The van der Waals surface area contributed by atoms with Crippen LogP contribution in [-0.4, -0.2) is 33.3 Å². The molecule has 1 fully saturated rings. The van der Waals surface area contributed by atoms with Gasteiger partial charge in [-0.05, 0) is 24.3 Å². The van der Waals surface area contributed by atoms with Crippen LogP contribution in [0, 0.1) is 0 Å². The highest BCUT2D eigenvalue weighted by Crippen LogP contribution is 2.26. The Morgan fingerprint density at radius 1 is 1.33 bits per heavy atom. The number of hydrogen-bond acceptors (Lipinski definition) is 6. The van der Waals surface area contributed by atoms with Crippen molar-refractivity contribution in [2.75, 3.05) is 6.54 Å². The van der Waals surface area contributed by atoms with E-state index in [9.17, 15) is 9.90 Å². The van der Waals surface area contributed by atoms with Gasteiger partial charge in [-0.15, -0.1) is 11.3 Å². The molecule has 2 aromatic heterocycles. The Bertz CT molecular complexity index is 646. The van der Waals surface area contributed by atoms with E-state index >= 15 is 0 Å². The minimum atomic E-state index is -0.747. The molecule has 2 heterocycles. The van der Waals surface area contributed by atoms with E-state index in [0.29, 0.717) is 24.7 Å². The molecule has 0 spiro atoms. The number of aryl methyl sites for hydroxylation is 1. The summed E-state index contributed by atoms with van der Waals surface area (Å²) >= 11 is 1.55. The molecule has 0 aromatic carbocycles. The van der Waals surface area contributed by atoms with Crippen molar-refractivity contribution in [3.05, 3.63) is 23.4 Å². The van der Waals surface area contributed by atoms with Crippen molar-refractivity contribution in [3.63, 3.8) is 0 Å². The smallest absolute Gasteiger partial charge is 0.227 e. The van der Waals surface area contributed by atoms with Gasteiger partial charge >= 0.3 is 0 Å². The highest BCUT2D eigenvalue weighted by atomic mass is 32.1. The van der Waals surface area contributed by atoms with Crippen molar-refractivity contribution >= 4 is 17.2 Å². The van der Waals surface area contributed by atoms with Gasteiger partial charge in [0.2, 0.25) is 17.6 Å². The molecule has 0 atom stereocenters. The number of aromatic nitrogens is 2. The molecule has 2 aromatic rings. The number of rotatable bonds is 6. The summed E-state index contributed by atoms with van der Waals surface area (Å²) in [6.45, 7) is 0.329. The number of nitrogens with zero attached hydrogens (tertiary/aromatic N) is 2. The van der Waals surface area contributed by atoms with Gasteiger partial charge < -0.3 is 14.9 Å². The van der Waals surface area contributed by atoms with E-state index in [4.69, 9.17) is 4.52 Å². The first-order valence-corrected chi connectivity index (χ1v) is 9.38. The molecule has 24 heavy (non-hydrogen) atoms. The number of carbonyl (C=O) groups is 1. The summed E-state index contributed by atoms with van der Waals surface area (Å²) in [5, 5.41) is 19.3. The monoisotopic (exact) mass is 349 g/mol. The van der Waals surface area contributed by atoms with Crippen molar-refractivity contribution in [1.82, 2.24) is 15.5 Å². The Hall–Kier alpha value is -1.73. The van der Waals surface area contributed by atoms with Crippen molar-refractivity contribution in [2.45, 2.75) is 57.0 Å². The van der Waals surface area contributed by atoms with Crippen LogP contribution in [0.5, 0.6) is 0 Å². The zero-order valence-electron chi connectivity index (χ0n) is 13.7. The SMILES string of the molecule is O=C(CCc1nc(-c2cccs2)no1)NCC1(O)CCCCCC1. The number of carbonyl (C=O) groups excluding carboxylic acids is 1. The molecule has 2 N–H and O–H groups in total. The van der Waals surface area contributed by atoms with E-state index in [2.05, 4.69) is 15.5 Å². The number of hydrogen-bond donors (Lipinski definition) is 2. The summed E-state index contributed by atoms with van der Waals surface area (Å²) in [6, 6.07) is 3.86. The topological polar surface area (TPSA) is 88.2 Å². The summed E-state index contributed by atoms with van der Waals surface area (Å²) in [5.41, 5.74) is -0.747.